The Balaban J connectivity index is 2.53. The van der Waals surface area contributed by atoms with E-state index < -0.39 is 0 Å². The molecule has 0 aromatic heterocycles. The normalized spacial score (nSPS) is 13.7. The van der Waals surface area contributed by atoms with E-state index in [0.717, 1.165) is 5.75 Å². The van der Waals surface area contributed by atoms with Gasteiger partial charge < -0.3 is 14.8 Å². The fourth-order valence-corrected chi connectivity index (χ4v) is 1.79. The molecule has 4 heteroatoms. The molecular formula is C14H20N2O2. The SMILES string of the molecule is COCC(C)NC(C)c1ccc(OCC#N)cc1. The van der Waals surface area contributed by atoms with Crippen LogP contribution >= 0.6 is 0 Å². The van der Waals surface area contributed by atoms with E-state index in [4.69, 9.17) is 14.7 Å². The summed E-state index contributed by atoms with van der Waals surface area (Å²) >= 11 is 0. The van der Waals surface area contributed by atoms with E-state index in [2.05, 4.69) is 19.2 Å². The highest BCUT2D eigenvalue weighted by atomic mass is 16.5. The van der Waals surface area contributed by atoms with Crippen molar-refractivity contribution in [3.63, 3.8) is 0 Å². The molecular weight excluding hydrogens is 228 g/mol. The minimum Gasteiger partial charge on any atom is -0.479 e. The summed E-state index contributed by atoms with van der Waals surface area (Å²) in [6.45, 7) is 4.97. The van der Waals surface area contributed by atoms with Crippen LogP contribution in [0.3, 0.4) is 0 Å². The molecule has 0 bridgehead atoms. The number of hydrogen-bond acceptors (Lipinski definition) is 4. The predicted molar refractivity (Wildman–Crippen MR) is 70.4 cm³/mol. The van der Waals surface area contributed by atoms with Crippen LogP contribution in [0.25, 0.3) is 0 Å². The molecule has 0 aliphatic rings. The standard InChI is InChI=1S/C14H20N2O2/c1-11(10-17-3)16-12(2)13-4-6-14(7-5-13)18-9-8-15/h4-7,11-12,16H,9-10H2,1-3H3. The molecule has 0 fully saturated rings. The van der Waals surface area contributed by atoms with Crippen LogP contribution in [0.15, 0.2) is 24.3 Å². The van der Waals surface area contributed by atoms with Gasteiger partial charge in [0.2, 0.25) is 0 Å². The Bertz CT molecular complexity index is 384. The summed E-state index contributed by atoms with van der Waals surface area (Å²) in [5, 5.41) is 11.9. The summed E-state index contributed by atoms with van der Waals surface area (Å²) in [6.07, 6.45) is 0. The second-order valence-electron chi connectivity index (χ2n) is 4.26. The average Bonchev–Trinajstić information content (AvgIpc) is 2.37. The van der Waals surface area contributed by atoms with Gasteiger partial charge in [0, 0.05) is 19.2 Å². The lowest BCUT2D eigenvalue weighted by Gasteiger charge is -2.20. The van der Waals surface area contributed by atoms with Crippen molar-refractivity contribution in [1.29, 1.82) is 5.26 Å². The van der Waals surface area contributed by atoms with Gasteiger partial charge in [-0.2, -0.15) is 5.26 Å². The Morgan fingerprint density at radius 1 is 1.28 bits per heavy atom. The van der Waals surface area contributed by atoms with Gasteiger partial charge in [0.25, 0.3) is 0 Å². The molecule has 1 N–H and O–H groups in total. The van der Waals surface area contributed by atoms with E-state index in [1.807, 2.05) is 30.3 Å². The van der Waals surface area contributed by atoms with Gasteiger partial charge in [0.1, 0.15) is 11.8 Å². The van der Waals surface area contributed by atoms with Crippen LogP contribution < -0.4 is 10.1 Å². The van der Waals surface area contributed by atoms with Gasteiger partial charge in [-0.3, -0.25) is 0 Å². The van der Waals surface area contributed by atoms with E-state index in [-0.39, 0.29) is 12.6 Å². The van der Waals surface area contributed by atoms with E-state index >= 15 is 0 Å². The van der Waals surface area contributed by atoms with E-state index in [0.29, 0.717) is 12.6 Å². The third kappa shape index (κ3) is 4.74. The van der Waals surface area contributed by atoms with E-state index in [9.17, 15) is 0 Å². The third-order valence-corrected chi connectivity index (χ3v) is 2.63. The minimum atomic E-state index is 0.0814. The molecule has 0 spiro atoms. The summed E-state index contributed by atoms with van der Waals surface area (Å²) in [5.74, 6) is 0.720. The maximum Gasteiger partial charge on any atom is 0.174 e. The summed E-state index contributed by atoms with van der Waals surface area (Å²) in [5.41, 5.74) is 1.18. The summed E-state index contributed by atoms with van der Waals surface area (Å²) in [6, 6.07) is 10.3. The molecule has 1 rings (SSSR count). The molecule has 0 amide bonds. The maximum atomic E-state index is 8.42. The number of methoxy groups -OCH3 is 1. The van der Waals surface area contributed by atoms with Crippen LogP contribution in [0, 0.1) is 11.3 Å². The number of rotatable bonds is 7. The first-order chi connectivity index (χ1) is 8.67. The quantitative estimate of drug-likeness (QED) is 0.804. The van der Waals surface area contributed by atoms with Crippen molar-refractivity contribution in [2.45, 2.75) is 25.9 Å². The Morgan fingerprint density at radius 3 is 2.50 bits per heavy atom. The molecule has 98 valence electrons. The third-order valence-electron chi connectivity index (χ3n) is 2.63. The number of benzene rings is 1. The van der Waals surface area contributed by atoms with E-state index in [1.165, 1.54) is 5.56 Å². The molecule has 0 aliphatic carbocycles. The molecule has 2 atom stereocenters. The van der Waals surface area contributed by atoms with Crippen molar-refractivity contribution in [1.82, 2.24) is 5.32 Å². The van der Waals surface area contributed by atoms with Gasteiger partial charge in [-0.05, 0) is 31.5 Å². The molecule has 0 aliphatic heterocycles. The smallest absolute Gasteiger partial charge is 0.174 e. The summed E-state index contributed by atoms with van der Waals surface area (Å²) in [4.78, 5) is 0. The molecule has 4 nitrogen and oxygen atoms in total. The Hall–Kier alpha value is -1.57. The highest BCUT2D eigenvalue weighted by molar-refractivity contribution is 5.29. The monoisotopic (exact) mass is 248 g/mol. The van der Waals surface area contributed by atoms with Crippen LogP contribution in [-0.2, 0) is 4.74 Å². The molecule has 18 heavy (non-hydrogen) atoms. The van der Waals surface area contributed by atoms with Crippen LogP contribution in [-0.4, -0.2) is 26.4 Å². The van der Waals surface area contributed by atoms with Gasteiger partial charge in [-0.1, -0.05) is 12.1 Å². The highest BCUT2D eigenvalue weighted by Gasteiger charge is 2.09. The van der Waals surface area contributed by atoms with Crippen molar-refractivity contribution in [3.8, 4) is 11.8 Å². The van der Waals surface area contributed by atoms with Crippen molar-refractivity contribution in [2.24, 2.45) is 0 Å². The fourth-order valence-electron chi connectivity index (χ4n) is 1.79. The van der Waals surface area contributed by atoms with Crippen LogP contribution in [0.4, 0.5) is 0 Å². The maximum absolute atomic E-state index is 8.42. The van der Waals surface area contributed by atoms with Crippen LogP contribution in [0.2, 0.25) is 0 Å². The van der Waals surface area contributed by atoms with Crippen molar-refractivity contribution in [2.75, 3.05) is 20.3 Å². The van der Waals surface area contributed by atoms with Crippen molar-refractivity contribution >= 4 is 0 Å². The topological polar surface area (TPSA) is 54.3 Å². The molecule has 0 heterocycles. The molecule has 2 unspecified atom stereocenters. The zero-order valence-electron chi connectivity index (χ0n) is 11.1. The lowest BCUT2D eigenvalue weighted by molar-refractivity contribution is 0.167. The average molecular weight is 248 g/mol. The first-order valence-electron chi connectivity index (χ1n) is 6.02. The van der Waals surface area contributed by atoms with Crippen molar-refractivity contribution < 1.29 is 9.47 Å². The zero-order chi connectivity index (χ0) is 13.4. The number of nitriles is 1. The lowest BCUT2D eigenvalue weighted by Crippen LogP contribution is -2.32. The molecule has 1 aromatic carbocycles. The van der Waals surface area contributed by atoms with Gasteiger partial charge in [-0.25, -0.2) is 0 Å². The number of nitrogens with one attached hydrogen (secondary N) is 1. The van der Waals surface area contributed by atoms with Crippen LogP contribution in [0.5, 0.6) is 5.75 Å². The van der Waals surface area contributed by atoms with Gasteiger partial charge in [-0.15, -0.1) is 0 Å². The Morgan fingerprint density at radius 2 is 1.94 bits per heavy atom. The van der Waals surface area contributed by atoms with Gasteiger partial charge in [0.15, 0.2) is 6.61 Å². The lowest BCUT2D eigenvalue weighted by atomic mass is 10.1. The summed E-state index contributed by atoms with van der Waals surface area (Å²) in [7, 11) is 1.70. The largest absolute Gasteiger partial charge is 0.479 e. The summed E-state index contributed by atoms with van der Waals surface area (Å²) < 4.78 is 10.3. The fraction of sp³-hybridized carbons (Fsp3) is 0.500. The highest BCUT2D eigenvalue weighted by Crippen LogP contribution is 2.17. The van der Waals surface area contributed by atoms with Crippen LogP contribution in [0.1, 0.15) is 25.5 Å². The molecule has 0 saturated heterocycles. The first kappa shape index (κ1) is 14.5. The second kappa shape index (κ2) is 7.70. The van der Waals surface area contributed by atoms with Crippen molar-refractivity contribution in [3.05, 3.63) is 29.8 Å². The second-order valence-corrected chi connectivity index (χ2v) is 4.26. The molecule has 0 saturated carbocycles. The predicted octanol–water partition coefficient (Wildman–Crippen LogP) is 2.27. The Kier molecular flexibility index (Phi) is 6.20. The Labute approximate surface area is 109 Å². The number of hydrogen-bond donors (Lipinski definition) is 1. The van der Waals surface area contributed by atoms with Gasteiger partial charge >= 0.3 is 0 Å². The molecule has 0 radical (unpaired) electrons. The number of ether oxygens (including phenoxy) is 2. The number of nitrogens with zero attached hydrogens (tertiary/aromatic N) is 1. The van der Waals surface area contributed by atoms with E-state index in [1.54, 1.807) is 7.11 Å². The first-order valence-corrected chi connectivity index (χ1v) is 6.02. The zero-order valence-corrected chi connectivity index (χ0v) is 11.1. The molecule has 1 aromatic rings. The van der Waals surface area contributed by atoms with Gasteiger partial charge in [0.05, 0.1) is 6.61 Å². The minimum absolute atomic E-state index is 0.0814.